The second-order valence-corrected chi connectivity index (χ2v) is 4.04. The van der Waals surface area contributed by atoms with E-state index in [9.17, 15) is 4.79 Å². The third kappa shape index (κ3) is 7.82. The Morgan fingerprint density at radius 2 is 1.92 bits per heavy atom. The van der Waals surface area contributed by atoms with E-state index in [0.717, 1.165) is 6.42 Å². The molecule has 12 heavy (non-hydrogen) atoms. The van der Waals surface area contributed by atoms with Crippen molar-refractivity contribution >= 4 is 18.4 Å². The molecule has 0 amide bonds. The summed E-state index contributed by atoms with van der Waals surface area (Å²) in [6.07, 6.45) is 1.40. The molecule has 1 atom stereocenters. The van der Waals surface area contributed by atoms with Gasteiger partial charge in [-0.05, 0) is 18.3 Å². The van der Waals surface area contributed by atoms with E-state index in [-0.39, 0.29) is 17.8 Å². The van der Waals surface area contributed by atoms with Gasteiger partial charge in [-0.2, -0.15) is 0 Å². The zero-order chi connectivity index (χ0) is 9.07. The largest absolute Gasteiger partial charge is 0.480 e. The van der Waals surface area contributed by atoms with Crippen LogP contribution in [0.5, 0.6) is 0 Å². The van der Waals surface area contributed by atoms with Gasteiger partial charge in [0.15, 0.2) is 0 Å². The Hall–Kier alpha value is -0.280. The Balaban J connectivity index is 0. The molecule has 0 aromatic rings. The molecule has 0 heterocycles. The predicted molar refractivity (Wildman–Crippen MR) is 51.5 cm³/mol. The Labute approximate surface area is 79.7 Å². The fraction of sp³-hybridized carbons (Fsp3) is 0.875. The second kappa shape index (κ2) is 5.38. The van der Waals surface area contributed by atoms with Crippen LogP contribution in [0.4, 0.5) is 0 Å². The summed E-state index contributed by atoms with van der Waals surface area (Å²) in [6.45, 7) is 6.21. The van der Waals surface area contributed by atoms with Crippen molar-refractivity contribution in [3.8, 4) is 0 Å². The van der Waals surface area contributed by atoms with Crippen LogP contribution in [0, 0.1) is 5.41 Å². The number of nitrogens with two attached hydrogens (primary N) is 1. The van der Waals surface area contributed by atoms with Gasteiger partial charge in [0.2, 0.25) is 0 Å². The van der Waals surface area contributed by atoms with E-state index < -0.39 is 12.0 Å². The van der Waals surface area contributed by atoms with Crippen molar-refractivity contribution in [1.29, 1.82) is 0 Å². The third-order valence-corrected chi connectivity index (χ3v) is 1.52. The molecule has 0 aromatic heterocycles. The maximum atomic E-state index is 10.3. The molecule has 0 fully saturated rings. The van der Waals surface area contributed by atoms with Crippen molar-refractivity contribution in [2.45, 2.75) is 39.7 Å². The molecule has 74 valence electrons. The van der Waals surface area contributed by atoms with Crippen LogP contribution in [0.1, 0.15) is 33.6 Å². The minimum Gasteiger partial charge on any atom is -0.480 e. The van der Waals surface area contributed by atoms with Gasteiger partial charge in [0.05, 0.1) is 0 Å². The lowest BCUT2D eigenvalue weighted by Gasteiger charge is -2.18. The first-order valence-electron chi connectivity index (χ1n) is 3.81. The normalized spacial score (nSPS) is 13.3. The highest BCUT2D eigenvalue weighted by Crippen LogP contribution is 2.20. The number of rotatable bonds is 3. The smallest absolute Gasteiger partial charge is 0.320 e. The molecular formula is C8H18ClNO2. The van der Waals surface area contributed by atoms with Gasteiger partial charge < -0.3 is 10.8 Å². The maximum absolute atomic E-state index is 10.3. The van der Waals surface area contributed by atoms with Crippen molar-refractivity contribution in [3.05, 3.63) is 0 Å². The van der Waals surface area contributed by atoms with Crippen LogP contribution in [0.25, 0.3) is 0 Å². The molecular weight excluding hydrogens is 178 g/mol. The van der Waals surface area contributed by atoms with Crippen LogP contribution >= 0.6 is 12.4 Å². The van der Waals surface area contributed by atoms with Gasteiger partial charge in [0, 0.05) is 0 Å². The van der Waals surface area contributed by atoms with Gasteiger partial charge in [0.25, 0.3) is 0 Å². The minimum absolute atomic E-state index is 0. The molecule has 0 aliphatic carbocycles. The van der Waals surface area contributed by atoms with Gasteiger partial charge in [-0.1, -0.05) is 20.8 Å². The topological polar surface area (TPSA) is 63.3 Å². The van der Waals surface area contributed by atoms with E-state index in [1.165, 1.54) is 0 Å². The summed E-state index contributed by atoms with van der Waals surface area (Å²) in [5.74, 6) is -0.908. The second-order valence-electron chi connectivity index (χ2n) is 4.04. The lowest BCUT2D eigenvalue weighted by molar-refractivity contribution is -0.138. The predicted octanol–water partition coefficient (Wildman–Crippen LogP) is 1.65. The van der Waals surface area contributed by atoms with Crippen LogP contribution in [-0.2, 0) is 4.79 Å². The minimum atomic E-state index is -0.908. The molecule has 0 radical (unpaired) electrons. The number of carbonyl (C=O) groups is 1. The number of hydrogen-bond donors (Lipinski definition) is 2. The highest BCUT2D eigenvalue weighted by molar-refractivity contribution is 5.85. The summed E-state index contributed by atoms with van der Waals surface area (Å²) in [4.78, 5) is 10.3. The van der Waals surface area contributed by atoms with E-state index in [0.29, 0.717) is 6.42 Å². The Morgan fingerprint density at radius 1 is 1.50 bits per heavy atom. The molecule has 0 aliphatic heterocycles. The van der Waals surface area contributed by atoms with Gasteiger partial charge in [0.1, 0.15) is 6.04 Å². The zero-order valence-corrected chi connectivity index (χ0v) is 8.65. The number of halogens is 1. The summed E-state index contributed by atoms with van der Waals surface area (Å²) >= 11 is 0. The Morgan fingerprint density at radius 3 is 2.17 bits per heavy atom. The average Bonchev–Trinajstić information content (AvgIpc) is 1.80. The van der Waals surface area contributed by atoms with Gasteiger partial charge in [-0.3, -0.25) is 4.79 Å². The molecule has 3 N–H and O–H groups in total. The number of carboxylic acids is 1. The van der Waals surface area contributed by atoms with Gasteiger partial charge in [-0.25, -0.2) is 0 Å². The highest BCUT2D eigenvalue weighted by Gasteiger charge is 2.16. The summed E-state index contributed by atoms with van der Waals surface area (Å²) in [6, 6.07) is -0.700. The van der Waals surface area contributed by atoms with Crippen LogP contribution in [0.3, 0.4) is 0 Å². The molecule has 0 spiro atoms. The molecule has 0 aliphatic rings. The van der Waals surface area contributed by atoms with E-state index >= 15 is 0 Å². The number of hydrogen-bond acceptors (Lipinski definition) is 2. The number of carboxylic acid groups (broad SMARTS) is 1. The maximum Gasteiger partial charge on any atom is 0.320 e. The first kappa shape index (κ1) is 14.3. The fourth-order valence-corrected chi connectivity index (χ4v) is 0.712. The van der Waals surface area contributed by atoms with Crippen LogP contribution < -0.4 is 5.73 Å². The van der Waals surface area contributed by atoms with E-state index in [2.05, 4.69) is 20.8 Å². The van der Waals surface area contributed by atoms with Crippen molar-refractivity contribution in [1.82, 2.24) is 0 Å². The Kier molecular flexibility index (Phi) is 6.39. The van der Waals surface area contributed by atoms with Gasteiger partial charge >= 0.3 is 5.97 Å². The van der Waals surface area contributed by atoms with Crippen LogP contribution in [0.2, 0.25) is 0 Å². The standard InChI is InChI=1S/C8H17NO2.ClH/c1-8(2,3)5-4-6(9)7(10)11;/h6H,4-5,9H2,1-3H3,(H,10,11);1H. The SMILES string of the molecule is CC(C)(C)CCC(N)C(=O)O.Cl. The van der Waals surface area contributed by atoms with Crippen molar-refractivity contribution in [2.75, 3.05) is 0 Å². The monoisotopic (exact) mass is 195 g/mol. The lowest BCUT2D eigenvalue weighted by Crippen LogP contribution is -2.31. The zero-order valence-electron chi connectivity index (χ0n) is 7.83. The summed E-state index contributed by atoms with van der Waals surface area (Å²) in [5, 5.41) is 8.45. The molecule has 0 aromatic carbocycles. The molecule has 0 saturated carbocycles. The fourth-order valence-electron chi connectivity index (χ4n) is 0.712. The summed E-state index contributed by atoms with van der Waals surface area (Å²) in [5.41, 5.74) is 5.50. The van der Waals surface area contributed by atoms with Crippen LogP contribution in [-0.4, -0.2) is 17.1 Å². The summed E-state index contributed by atoms with van der Waals surface area (Å²) in [7, 11) is 0. The van der Waals surface area contributed by atoms with E-state index in [1.807, 2.05) is 0 Å². The average molecular weight is 196 g/mol. The molecule has 4 heteroatoms. The van der Waals surface area contributed by atoms with Crippen LogP contribution in [0.15, 0.2) is 0 Å². The first-order valence-corrected chi connectivity index (χ1v) is 3.81. The molecule has 0 rings (SSSR count). The van der Waals surface area contributed by atoms with Crippen molar-refractivity contribution < 1.29 is 9.90 Å². The summed E-state index contributed by atoms with van der Waals surface area (Å²) < 4.78 is 0. The number of aliphatic carboxylic acids is 1. The first-order chi connectivity index (χ1) is 4.83. The van der Waals surface area contributed by atoms with Crippen molar-refractivity contribution in [2.24, 2.45) is 11.1 Å². The molecule has 1 unspecified atom stereocenters. The van der Waals surface area contributed by atoms with E-state index in [1.54, 1.807) is 0 Å². The van der Waals surface area contributed by atoms with Gasteiger partial charge in [-0.15, -0.1) is 12.4 Å². The third-order valence-electron chi connectivity index (χ3n) is 1.52. The molecule has 0 bridgehead atoms. The quantitative estimate of drug-likeness (QED) is 0.720. The van der Waals surface area contributed by atoms with E-state index in [4.69, 9.17) is 10.8 Å². The van der Waals surface area contributed by atoms with Crippen molar-refractivity contribution in [3.63, 3.8) is 0 Å². The lowest BCUT2D eigenvalue weighted by atomic mass is 9.89. The highest BCUT2D eigenvalue weighted by atomic mass is 35.5. The Bertz CT molecular complexity index is 142. The molecule has 0 saturated heterocycles. The molecule has 3 nitrogen and oxygen atoms in total.